The van der Waals surface area contributed by atoms with Crippen LogP contribution in [0.5, 0.6) is 5.75 Å². The number of pyridine rings is 1. The summed E-state index contributed by atoms with van der Waals surface area (Å²) >= 11 is 0. The summed E-state index contributed by atoms with van der Waals surface area (Å²) in [6.07, 6.45) is 5.76. The molecule has 0 saturated heterocycles. The maximum absolute atomic E-state index is 8.98. The van der Waals surface area contributed by atoms with Crippen LogP contribution in [0.3, 0.4) is 0 Å². The molecule has 140 valence electrons. The summed E-state index contributed by atoms with van der Waals surface area (Å²) < 4.78 is 7.52. The van der Waals surface area contributed by atoms with E-state index >= 15 is 0 Å². The quantitative estimate of drug-likeness (QED) is 0.721. The molecule has 1 unspecified atom stereocenters. The third-order valence-electron chi connectivity index (χ3n) is 4.23. The number of fused-ring (bicyclic) bond motifs is 1. The van der Waals surface area contributed by atoms with Gasteiger partial charge in [-0.15, -0.1) is 0 Å². The Hall–Kier alpha value is -2.98. The van der Waals surface area contributed by atoms with Gasteiger partial charge in [0.25, 0.3) is 0 Å². The van der Waals surface area contributed by atoms with Gasteiger partial charge in [-0.1, -0.05) is 13.8 Å². The lowest BCUT2D eigenvalue weighted by atomic mass is 9.93. The van der Waals surface area contributed by atoms with Crippen LogP contribution in [0.25, 0.3) is 16.9 Å². The van der Waals surface area contributed by atoms with Crippen LogP contribution in [-0.2, 0) is 0 Å². The predicted octanol–water partition coefficient (Wildman–Crippen LogP) is 3.11. The number of ether oxygens (including phenoxy) is 1. The predicted molar refractivity (Wildman–Crippen MR) is 103 cm³/mol. The molecule has 0 aromatic carbocycles. The molecule has 2 N–H and O–H groups in total. The fourth-order valence-electron chi connectivity index (χ4n) is 3.20. The normalized spacial score (nSPS) is 13.5. The third kappa shape index (κ3) is 4.23. The maximum atomic E-state index is 8.98. The first kappa shape index (κ1) is 18.8. The summed E-state index contributed by atoms with van der Waals surface area (Å²) in [6, 6.07) is 5.84. The molecule has 0 radical (unpaired) electrons. The number of hydrogen-bond donors (Lipinski definition) is 1. The number of nitriles is 1. The van der Waals surface area contributed by atoms with Gasteiger partial charge < -0.3 is 10.5 Å². The fourth-order valence-corrected chi connectivity index (χ4v) is 3.20. The van der Waals surface area contributed by atoms with E-state index < -0.39 is 0 Å². The molecular formula is C20H24N6O. The Morgan fingerprint density at radius 2 is 2.11 bits per heavy atom. The van der Waals surface area contributed by atoms with Crippen molar-refractivity contribution < 1.29 is 4.74 Å². The first-order valence-electron chi connectivity index (χ1n) is 8.92. The summed E-state index contributed by atoms with van der Waals surface area (Å²) in [6.45, 7) is 8.64. The third-order valence-corrected chi connectivity index (χ3v) is 4.23. The largest absolute Gasteiger partial charge is 0.490 e. The monoisotopic (exact) mass is 364 g/mol. The van der Waals surface area contributed by atoms with Gasteiger partial charge in [0.05, 0.1) is 34.9 Å². The molecule has 3 aromatic heterocycles. The Balaban J connectivity index is 1.82. The van der Waals surface area contributed by atoms with Crippen molar-refractivity contribution in [3.8, 4) is 23.1 Å². The number of nitrogens with zero attached hydrogens (tertiary/aromatic N) is 5. The minimum Gasteiger partial charge on any atom is -0.490 e. The van der Waals surface area contributed by atoms with Crippen LogP contribution in [0.4, 0.5) is 0 Å². The Bertz CT molecular complexity index is 999. The smallest absolute Gasteiger partial charge is 0.164 e. The highest BCUT2D eigenvalue weighted by atomic mass is 16.5. The molecule has 3 aromatic rings. The molecule has 0 fully saturated rings. The Kier molecular flexibility index (Phi) is 5.10. The van der Waals surface area contributed by atoms with Crippen LogP contribution in [-0.4, -0.2) is 31.7 Å². The molecule has 3 rings (SSSR count). The van der Waals surface area contributed by atoms with Crippen molar-refractivity contribution in [2.45, 2.75) is 39.7 Å². The van der Waals surface area contributed by atoms with Gasteiger partial charge in [-0.3, -0.25) is 0 Å². The topological polar surface area (TPSA) is 102 Å². The van der Waals surface area contributed by atoms with E-state index in [0.29, 0.717) is 23.7 Å². The molecule has 3 heterocycles. The lowest BCUT2D eigenvalue weighted by Gasteiger charge is -2.26. The second-order valence-electron chi connectivity index (χ2n) is 7.60. The number of rotatable bonds is 6. The van der Waals surface area contributed by atoms with Crippen LogP contribution in [0.1, 0.15) is 38.4 Å². The van der Waals surface area contributed by atoms with Gasteiger partial charge in [-0.2, -0.15) is 10.4 Å². The van der Waals surface area contributed by atoms with E-state index in [-0.39, 0.29) is 5.54 Å². The average molecular weight is 364 g/mol. The molecule has 7 nitrogen and oxygen atoms in total. The van der Waals surface area contributed by atoms with Gasteiger partial charge in [-0.05, 0) is 38.3 Å². The summed E-state index contributed by atoms with van der Waals surface area (Å²) in [7, 11) is 0. The van der Waals surface area contributed by atoms with Gasteiger partial charge in [0, 0.05) is 11.7 Å². The first-order chi connectivity index (χ1) is 12.8. The van der Waals surface area contributed by atoms with Crippen LogP contribution in [0.2, 0.25) is 0 Å². The zero-order valence-electron chi connectivity index (χ0n) is 16.1. The van der Waals surface area contributed by atoms with Gasteiger partial charge in [0.2, 0.25) is 0 Å². The van der Waals surface area contributed by atoms with Crippen molar-refractivity contribution in [1.29, 1.82) is 5.26 Å². The van der Waals surface area contributed by atoms with E-state index in [9.17, 15) is 0 Å². The minimum absolute atomic E-state index is 0.385. The zero-order valence-corrected chi connectivity index (χ0v) is 16.1. The fraction of sp³-hybridized carbons (Fsp3) is 0.400. The summed E-state index contributed by atoms with van der Waals surface area (Å²) in [4.78, 5) is 8.97. The molecule has 27 heavy (non-hydrogen) atoms. The number of nitrogens with two attached hydrogens (primary N) is 1. The average Bonchev–Trinajstić information content (AvgIpc) is 3.02. The standard InChI is InChI=1S/C20H24N6O/c1-13(2)7-20(4,22)12-27-18-6-5-17(25-14(18)3)16-10-24-26-11-15(8-21)9-23-19(16)26/h5-6,9-11,13H,7,12,22H2,1-4H3. The SMILES string of the molecule is Cc1nc(-c2cnn3cc(C#N)cnc23)ccc1OCC(C)(N)CC(C)C. The van der Waals surface area contributed by atoms with E-state index in [0.717, 1.165) is 29.1 Å². The Labute approximate surface area is 158 Å². The molecular weight excluding hydrogens is 340 g/mol. The van der Waals surface area contributed by atoms with E-state index in [1.807, 2.05) is 26.0 Å². The van der Waals surface area contributed by atoms with Crippen molar-refractivity contribution in [3.63, 3.8) is 0 Å². The number of hydrogen-bond acceptors (Lipinski definition) is 6. The summed E-state index contributed by atoms with van der Waals surface area (Å²) in [5.74, 6) is 1.23. The molecule has 0 aliphatic rings. The Morgan fingerprint density at radius 1 is 1.33 bits per heavy atom. The molecule has 7 heteroatoms. The molecule has 0 aliphatic carbocycles. The first-order valence-corrected chi connectivity index (χ1v) is 8.92. The highest BCUT2D eigenvalue weighted by Gasteiger charge is 2.21. The van der Waals surface area contributed by atoms with Crippen LogP contribution >= 0.6 is 0 Å². The number of aromatic nitrogens is 4. The van der Waals surface area contributed by atoms with Crippen molar-refractivity contribution in [1.82, 2.24) is 19.6 Å². The second kappa shape index (κ2) is 7.33. The van der Waals surface area contributed by atoms with Crippen LogP contribution in [0.15, 0.2) is 30.7 Å². The van der Waals surface area contributed by atoms with Crippen molar-refractivity contribution in [2.24, 2.45) is 11.7 Å². The Morgan fingerprint density at radius 3 is 2.78 bits per heavy atom. The lowest BCUT2D eigenvalue weighted by Crippen LogP contribution is -2.43. The second-order valence-corrected chi connectivity index (χ2v) is 7.60. The molecule has 1 atom stereocenters. The van der Waals surface area contributed by atoms with E-state index in [2.05, 4.69) is 35.0 Å². The molecule has 0 aliphatic heterocycles. The van der Waals surface area contributed by atoms with Crippen molar-refractivity contribution >= 4 is 5.65 Å². The van der Waals surface area contributed by atoms with E-state index in [1.165, 1.54) is 6.20 Å². The highest BCUT2D eigenvalue weighted by Crippen LogP contribution is 2.26. The maximum Gasteiger partial charge on any atom is 0.164 e. The van der Waals surface area contributed by atoms with Crippen LogP contribution in [0, 0.1) is 24.2 Å². The highest BCUT2D eigenvalue weighted by molar-refractivity contribution is 5.74. The zero-order chi connectivity index (χ0) is 19.6. The minimum atomic E-state index is -0.385. The molecule has 0 spiro atoms. The van der Waals surface area contributed by atoms with Gasteiger partial charge in [0.1, 0.15) is 18.4 Å². The summed E-state index contributed by atoms with van der Waals surface area (Å²) in [5, 5.41) is 13.2. The van der Waals surface area contributed by atoms with Crippen molar-refractivity contribution in [2.75, 3.05) is 6.61 Å². The van der Waals surface area contributed by atoms with Crippen molar-refractivity contribution in [3.05, 3.63) is 42.0 Å². The molecule has 0 bridgehead atoms. The molecule has 0 amide bonds. The van der Waals surface area contributed by atoms with E-state index in [1.54, 1.807) is 16.9 Å². The van der Waals surface area contributed by atoms with Gasteiger partial charge in [0.15, 0.2) is 5.65 Å². The van der Waals surface area contributed by atoms with Crippen LogP contribution < -0.4 is 10.5 Å². The van der Waals surface area contributed by atoms with E-state index in [4.69, 9.17) is 15.7 Å². The van der Waals surface area contributed by atoms with Gasteiger partial charge in [-0.25, -0.2) is 14.5 Å². The summed E-state index contributed by atoms with van der Waals surface area (Å²) in [5.41, 5.74) is 9.38. The lowest BCUT2D eigenvalue weighted by molar-refractivity contribution is 0.205. The number of aryl methyl sites for hydroxylation is 1. The van der Waals surface area contributed by atoms with Gasteiger partial charge >= 0.3 is 0 Å². The molecule has 0 saturated carbocycles.